The third-order valence-electron chi connectivity index (χ3n) is 2.62. The van der Waals surface area contributed by atoms with Crippen molar-refractivity contribution >= 4 is 27.3 Å². The van der Waals surface area contributed by atoms with Crippen molar-refractivity contribution < 1.29 is 0 Å². The van der Waals surface area contributed by atoms with E-state index in [1.165, 1.54) is 15.8 Å². The number of nitrogens with zero attached hydrogens (tertiary/aromatic N) is 1. The number of halogens is 1. The summed E-state index contributed by atoms with van der Waals surface area (Å²) in [4.78, 5) is 2.40. The normalized spacial score (nSPS) is 13.2. The van der Waals surface area contributed by atoms with Gasteiger partial charge in [-0.3, -0.25) is 0 Å². The number of rotatable bonds is 8. The average molecular weight is 319 g/mol. The molecule has 0 saturated carbocycles. The van der Waals surface area contributed by atoms with Crippen molar-refractivity contribution in [2.24, 2.45) is 5.92 Å². The van der Waals surface area contributed by atoms with Crippen LogP contribution in [-0.4, -0.2) is 31.6 Å². The van der Waals surface area contributed by atoms with Crippen molar-refractivity contribution in [2.75, 3.05) is 26.7 Å². The van der Waals surface area contributed by atoms with Crippen LogP contribution >= 0.6 is 27.3 Å². The second-order valence-electron chi connectivity index (χ2n) is 4.77. The van der Waals surface area contributed by atoms with Gasteiger partial charge in [0.2, 0.25) is 0 Å². The van der Waals surface area contributed by atoms with Crippen LogP contribution in [0.15, 0.2) is 15.2 Å². The Labute approximate surface area is 118 Å². The van der Waals surface area contributed by atoms with Crippen molar-refractivity contribution in [2.45, 2.75) is 26.8 Å². The fourth-order valence-corrected chi connectivity index (χ4v) is 3.13. The summed E-state index contributed by atoms with van der Waals surface area (Å²) >= 11 is 5.26. The van der Waals surface area contributed by atoms with Crippen LogP contribution in [0.3, 0.4) is 0 Å². The van der Waals surface area contributed by atoms with E-state index in [1.807, 2.05) is 0 Å². The highest BCUT2D eigenvalue weighted by Crippen LogP contribution is 2.21. The number of thiophene rings is 1. The quantitative estimate of drug-likeness (QED) is 0.737. The van der Waals surface area contributed by atoms with Gasteiger partial charge in [0.1, 0.15) is 0 Å². The van der Waals surface area contributed by atoms with E-state index < -0.39 is 0 Å². The molecule has 0 radical (unpaired) electrons. The molecule has 98 valence electrons. The van der Waals surface area contributed by atoms with Crippen molar-refractivity contribution in [1.82, 2.24) is 10.2 Å². The first-order valence-corrected chi connectivity index (χ1v) is 7.91. The highest BCUT2D eigenvalue weighted by atomic mass is 79.9. The molecule has 0 amide bonds. The van der Waals surface area contributed by atoms with E-state index in [2.05, 4.69) is 58.5 Å². The molecule has 1 rings (SSSR count). The summed E-state index contributed by atoms with van der Waals surface area (Å²) in [5.41, 5.74) is 1.40. The van der Waals surface area contributed by atoms with Crippen LogP contribution in [0.2, 0.25) is 0 Å². The lowest BCUT2D eigenvalue weighted by Crippen LogP contribution is -2.31. The summed E-state index contributed by atoms with van der Waals surface area (Å²) in [6.45, 7) is 8.95. The Morgan fingerprint density at radius 3 is 2.88 bits per heavy atom. The third kappa shape index (κ3) is 6.55. The van der Waals surface area contributed by atoms with Crippen LogP contribution < -0.4 is 5.32 Å². The second-order valence-corrected chi connectivity index (χ2v) is 7.06. The van der Waals surface area contributed by atoms with E-state index in [9.17, 15) is 0 Å². The molecule has 0 aliphatic heterocycles. The van der Waals surface area contributed by atoms with Crippen molar-refractivity contribution in [3.05, 3.63) is 20.8 Å². The third-order valence-corrected chi connectivity index (χ3v) is 4.17. The van der Waals surface area contributed by atoms with Gasteiger partial charge in [-0.1, -0.05) is 13.8 Å². The molecule has 2 nitrogen and oxygen atoms in total. The number of hydrogen-bond acceptors (Lipinski definition) is 3. The molecule has 4 heteroatoms. The van der Waals surface area contributed by atoms with Gasteiger partial charge in [0.25, 0.3) is 0 Å². The predicted octanol–water partition coefficient (Wildman–Crippen LogP) is 3.58. The van der Waals surface area contributed by atoms with E-state index in [0.717, 1.165) is 26.2 Å². The molecule has 1 aromatic heterocycles. The highest BCUT2D eigenvalue weighted by Gasteiger charge is 2.07. The molecule has 1 aromatic rings. The lowest BCUT2D eigenvalue weighted by Gasteiger charge is -2.21. The van der Waals surface area contributed by atoms with E-state index >= 15 is 0 Å². The second kappa shape index (κ2) is 8.25. The summed E-state index contributed by atoms with van der Waals surface area (Å²) < 4.78 is 1.22. The minimum atomic E-state index is 0.702. The minimum absolute atomic E-state index is 0.702. The van der Waals surface area contributed by atoms with Gasteiger partial charge in [-0.25, -0.2) is 0 Å². The van der Waals surface area contributed by atoms with Crippen molar-refractivity contribution in [1.29, 1.82) is 0 Å². The molecular weight excluding hydrogens is 296 g/mol. The molecule has 17 heavy (non-hydrogen) atoms. The Morgan fingerprint density at radius 1 is 1.53 bits per heavy atom. The van der Waals surface area contributed by atoms with Gasteiger partial charge < -0.3 is 10.2 Å². The highest BCUT2D eigenvalue weighted by molar-refractivity contribution is 9.11. The van der Waals surface area contributed by atoms with Gasteiger partial charge in [0.15, 0.2) is 0 Å². The Morgan fingerprint density at radius 2 is 2.29 bits per heavy atom. The standard InChI is InChI=1S/C13H23BrN2S/c1-4-5-15-7-11(2)8-16(3)9-12-6-13(14)17-10-12/h6,10-11,15H,4-5,7-9H2,1-3H3. The Balaban J connectivity index is 2.21. The summed E-state index contributed by atoms with van der Waals surface area (Å²) in [7, 11) is 2.20. The zero-order valence-electron chi connectivity index (χ0n) is 11.0. The van der Waals surface area contributed by atoms with Gasteiger partial charge >= 0.3 is 0 Å². The smallest absolute Gasteiger partial charge is 0.0701 e. The first kappa shape index (κ1) is 15.2. The molecule has 0 fully saturated rings. The molecule has 0 saturated heterocycles. The molecule has 1 atom stereocenters. The summed E-state index contributed by atoms with van der Waals surface area (Å²) in [6, 6.07) is 2.21. The van der Waals surface area contributed by atoms with Crippen molar-refractivity contribution in [3.63, 3.8) is 0 Å². The van der Waals surface area contributed by atoms with Gasteiger partial charge in [-0.2, -0.15) is 0 Å². The van der Waals surface area contributed by atoms with E-state index in [4.69, 9.17) is 0 Å². The van der Waals surface area contributed by atoms with Crippen LogP contribution in [0.4, 0.5) is 0 Å². The summed E-state index contributed by atoms with van der Waals surface area (Å²) in [6.07, 6.45) is 1.21. The zero-order chi connectivity index (χ0) is 12.7. The van der Waals surface area contributed by atoms with Gasteiger partial charge in [0.05, 0.1) is 3.79 Å². The monoisotopic (exact) mass is 318 g/mol. The van der Waals surface area contributed by atoms with Crippen LogP contribution in [0.25, 0.3) is 0 Å². The minimum Gasteiger partial charge on any atom is -0.316 e. The molecule has 0 aliphatic rings. The van der Waals surface area contributed by atoms with Gasteiger partial charge in [-0.05, 0) is 65.4 Å². The first-order chi connectivity index (χ1) is 8.11. The molecule has 0 bridgehead atoms. The molecule has 0 spiro atoms. The maximum atomic E-state index is 3.51. The molecule has 0 aromatic carbocycles. The summed E-state index contributed by atoms with van der Waals surface area (Å²) in [5, 5.41) is 5.70. The largest absolute Gasteiger partial charge is 0.316 e. The Bertz CT molecular complexity index is 314. The van der Waals surface area contributed by atoms with Crippen molar-refractivity contribution in [3.8, 4) is 0 Å². The van der Waals surface area contributed by atoms with E-state index in [0.29, 0.717) is 5.92 Å². The lowest BCUT2D eigenvalue weighted by atomic mass is 10.1. The average Bonchev–Trinajstić information content (AvgIpc) is 2.64. The van der Waals surface area contributed by atoms with E-state index in [-0.39, 0.29) is 0 Å². The molecular formula is C13H23BrN2S. The maximum Gasteiger partial charge on any atom is 0.0701 e. The molecule has 1 heterocycles. The fraction of sp³-hybridized carbons (Fsp3) is 0.692. The molecule has 1 N–H and O–H groups in total. The van der Waals surface area contributed by atoms with Gasteiger partial charge in [-0.15, -0.1) is 11.3 Å². The topological polar surface area (TPSA) is 15.3 Å². The van der Waals surface area contributed by atoms with Crippen LogP contribution in [0, 0.1) is 5.92 Å². The van der Waals surface area contributed by atoms with Crippen LogP contribution in [0.1, 0.15) is 25.8 Å². The zero-order valence-corrected chi connectivity index (χ0v) is 13.4. The fourth-order valence-electron chi connectivity index (χ4n) is 1.93. The summed E-state index contributed by atoms with van der Waals surface area (Å²) in [5.74, 6) is 0.702. The SMILES string of the molecule is CCCNCC(C)CN(C)Cc1csc(Br)c1. The first-order valence-electron chi connectivity index (χ1n) is 6.24. The molecule has 0 aliphatic carbocycles. The lowest BCUT2D eigenvalue weighted by molar-refractivity contribution is 0.274. The molecule has 1 unspecified atom stereocenters. The van der Waals surface area contributed by atoms with Gasteiger partial charge in [0, 0.05) is 13.1 Å². The Kier molecular flexibility index (Phi) is 7.35. The number of nitrogens with one attached hydrogen (secondary N) is 1. The van der Waals surface area contributed by atoms with Crippen LogP contribution in [-0.2, 0) is 6.54 Å². The predicted molar refractivity (Wildman–Crippen MR) is 80.7 cm³/mol. The van der Waals surface area contributed by atoms with E-state index in [1.54, 1.807) is 11.3 Å². The Hall–Kier alpha value is 0.100. The van der Waals surface area contributed by atoms with Crippen LogP contribution in [0.5, 0.6) is 0 Å². The number of hydrogen-bond donors (Lipinski definition) is 1. The maximum absolute atomic E-state index is 3.51.